The summed E-state index contributed by atoms with van der Waals surface area (Å²) in [4.78, 5) is 0. The van der Waals surface area contributed by atoms with Gasteiger partial charge in [-0.25, -0.2) is 0 Å². The van der Waals surface area contributed by atoms with Gasteiger partial charge in [0.2, 0.25) is 0 Å². The minimum atomic E-state index is -5.57. The number of hydrogen-bond acceptors (Lipinski definition) is 4. The molecule has 0 heterocycles. The number of halogens is 3. The van der Waals surface area contributed by atoms with Crippen molar-refractivity contribution in [3.05, 3.63) is 11.8 Å². The van der Waals surface area contributed by atoms with Crippen LogP contribution in [0, 0.1) is 0 Å². The van der Waals surface area contributed by atoms with Gasteiger partial charge in [0.1, 0.15) is 5.76 Å². The molecule has 4 nitrogen and oxygen atoms in total. The first kappa shape index (κ1) is 19.5. The lowest BCUT2D eigenvalue weighted by Gasteiger charge is -2.40. The summed E-state index contributed by atoms with van der Waals surface area (Å²) in [5.41, 5.74) is -5.40. The average Bonchev–Trinajstić information content (AvgIpc) is 2.28. The van der Waals surface area contributed by atoms with Crippen molar-refractivity contribution >= 4 is 18.4 Å². The van der Waals surface area contributed by atoms with Crippen molar-refractivity contribution in [3.63, 3.8) is 0 Å². The van der Waals surface area contributed by atoms with Gasteiger partial charge in [-0.1, -0.05) is 20.8 Å². The molecule has 0 saturated carbocycles. The second-order valence-electron chi connectivity index (χ2n) is 6.93. The first-order valence-electron chi connectivity index (χ1n) is 7.03. The lowest BCUT2D eigenvalue weighted by molar-refractivity contribution is -0.0525. The molecule has 1 rings (SSSR count). The number of rotatable bonds is 4. The van der Waals surface area contributed by atoms with Crippen LogP contribution in [0.4, 0.5) is 13.2 Å². The maximum atomic E-state index is 12.3. The maximum absolute atomic E-state index is 12.3. The molecule has 9 heteroatoms. The molecule has 0 amide bonds. The van der Waals surface area contributed by atoms with Gasteiger partial charge in [-0.05, 0) is 37.0 Å². The fraction of sp³-hybridized carbons (Fsp3) is 0.846. The number of hydrogen-bond donors (Lipinski definition) is 0. The van der Waals surface area contributed by atoms with Gasteiger partial charge in [-0.2, -0.15) is 21.6 Å². The Labute approximate surface area is 130 Å². The first-order chi connectivity index (χ1) is 9.66. The van der Waals surface area contributed by atoms with Crippen molar-refractivity contribution in [2.75, 3.05) is 0 Å². The van der Waals surface area contributed by atoms with E-state index in [4.69, 9.17) is 4.43 Å². The van der Waals surface area contributed by atoms with Gasteiger partial charge >= 0.3 is 15.6 Å². The van der Waals surface area contributed by atoms with Gasteiger partial charge in [0.05, 0.1) is 0 Å². The van der Waals surface area contributed by atoms with E-state index < -0.39 is 23.9 Å². The first-order valence-corrected chi connectivity index (χ1v) is 11.3. The summed E-state index contributed by atoms with van der Waals surface area (Å²) >= 11 is 0. The highest BCUT2D eigenvalue weighted by Crippen LogP contribution is 2.39. The maximum Gasteiger partial charge on any atom is 0.534 e. The molecule has 0 spiro atoms. The third-order valence-electron chi connectivity index (χ3n) is 4.09. The molecule has 0 aliphatic heterocycles. The monoisotopic (exact) mass is 360 g/mol. The van der Waals surface area contributed by atoms with Crippen molar-refractivity contribution in [2.45, 2.75) is 69.8 Å². The Balaban J connectivity index is 2.68. The second-order valence-corrected chi connectivity index (χ2v) is 13.2. The average molecular weight is 360 g/mol. The SMILES string of the molecule is CC(C)(C)[Si](C)(C)O[C@@H]1CC=C(OS(=O)(=O)C(F)(F)F)CC1. The van der Waals surface area contributed by atoms with Crippen LogP contribution in [0.1, 0.15) is 40.0 Å². The Morgan fingerprint density at radius 2 is 1.77 bits per heavy atom. The van der Waals surface area contributed by atoms with Crippen LogP contribution in [0.25, 0.3) is 0 Å². The fourth-order valence-corrected chi connectivity index (χ4v) is 3.68. The van der Waals surface area contributed by atoms with E-state index >= 15 is 0 Å². The lowest BCUT2D eigenvalue weighted by Crippen LogP contribution is -2.44. The molecule has 1 aliphatic rings. The standard InChI is InChI=1S/C13H23F3O4SSi/c1-12(2,3)22(4,5)20-11-8-6-10(7-9-11)19-21(17,18)13(14,15)16/h6,11H,7-9H2,1-5H3/t11-/m1/s1. The molecule has 0 fully saturated rings. The van der Waals surface area contributed by atoms with Crippen molar-refractivity contribution in [3.8, 4) is 0 Å². The molecule has 22 heavy (non-hydrogen) atoms. The molecule has 0 bridgehead atoms. The number of alkyl halides is 3. The molecule has 0 aromatic carbocycles. The smallest absolute Gasteiger partial charge is 0.414 e. The molecule has 0 saturated heterocycles. The summed E-state index contributed by atoms with van der Waals surface area (Å²) in [6, 6.07) is 0. The zero-order valence-electron chi connectivity index (χ0n) is 13.5. The zero-order valence-corrected chi connectivity index (χ0v) is 15.3. The van der Waals surface area contributed by atoms with Crippen LogP contribution < -0.4 is 0 Å². The molecule has 0 radical (unpaired) electrons. The quantitative estimate of drug-likeness (QED) is 0.426. The summed E-state index contributed by atoms with van der Waals surface area (Å²) in [5.74, 6) is -0.160. The molecule has 0 N–H and O–H groups in total. The molecule has 0 unspecified atom stereocenters. The van der Waals surface area contributed by atoms with Gasteiger partial charge in [0, 0.05) is 12.5 Å². The Morgan fingerprint density at radius 3 is 2.14 bits per heavy atom. The highest BCUT2D eigenvalue weighted by atomic mass is 32.2. The predicted molar refractivity (Wildman–Crippen MR) is 80.1 cm³/mol. The van der Waals surface area contributed by atoms with E-state index in [1.807, 2.05) is 0 Å². The van der Waals surface area contributed by atoms with Crippen LogP contribution in [-0.4, -0.2) is 28.3 Å². The summed E-state index contributed by atoms with van der Waals surface area (Å²) < 4.78 is 69.0. The summed E-state index contributed by atoms with van der Waals surface area (Å²) in [5, 5.41) is 0.0348. The third kappa shape index (κ3) is 4.72. The van der Waals surface area contributed by atoms with Gasteiger partial charge in [-0.15, -0.1) is 0 Å². The van der Waals surface area contributed by atoms with Gasteiger partial charge < -0.3 is 8.61 Å². The van der Waals surface area contributed by atoms with E-state index in [2.05, 4.69) is 38.0 Å². The van der Waals surface area contributed by atoms with E-state index in [1.165, 1.54) is 6.08 Å². The van der Waals surface area contributed by atoms with Crippen LogP contribution in [-0.2, 0) is 18.7 Å². The molecular weight excluding hydrogens is 337 g/mol. The normalized spacial score (nSPS) is 21.5. The van der Waals surface area contributed by atoms with Crippen molar-refractivity contribution in [1.82, 2.24) is 0 Å². The molecule has 0 aromatic rings. The van der Waals surface area contributed by atoms with Crippen LogP contribution in [0.5, 0.6) is 0 Å². The van der Waals surface area contributed by atoms with E-state index in [-0.39, 0.29) is 23.3 Å². The summed E-state index contributed by atoms with van der Waals surface area (Å²) in [6.45, 7) is 10.5. The highest BCUT2D eigenvalue weighted by Gasteiger charge is 2.49. The van der Waals surface area contributed by atoms with Crippen molar-refractivity contribution in [2.24, 2.45) is 0 Å². The Kier molecular flexibility index (Phi) is 5.46. The van der Waals surface area contributed by atoms with Crippen LogP contribution in [0.15, 0.2) is 11.8 Å². The summed E-state index contributed by atoms with van der Waals surface area (Å²) in [7, 11) is -7.53. The minimum Gasteiger partial charge on any atom is -0.414 e. The highest BCUT2D eigenvalue weighted by molar-refractivity contribution is 7.87. The molecule has 1 atom stereocenters. The van der Waals surface area contributed by atoms with E-state index in [0.29, 0.717) is 12.8 Å². The Morgan fingerprint density at radius 1 is 1.23 bits per heavy atom. The zero-order chi connectivity index (χ0) is 17.4. The predicted octanol–water partition coefficient (Wildman–Crippen LogP) is 4.31. The van der Waals surface area contributed by atoms with Crippen LogP contribution >= 0.6 is 0 Å². The largest absolute Gasteiger partial charge is 0.534 e. The van der Waals surface area contributed by atoms with E-state index in [9.17, 15) is 21.6 Å². The van der Waals surface area contributed by atoms with Crippen molar-refractivity contribution < 1.29 is 30.2 Å². The summed E-state index contributed by atoms with van der Waals surface area (Å²) in [6.07, 6.45) is 2.20. The van der Waals surface area contributed by atoms with E-state index in [1.54, 1.807) is 0 Å². The van der Waals surface area contributed by atoms with Gasteiger partial charge in [-0.3, -0.25) is 0 Å². The minimum absolute atomic E-state index is 0.0348. The van der Waals surface area contributed by atoms with E-state index in [0.717, 1.165) is 0 Å². The molecular formula is C13H23F3O4SSi. The molecule has 0 aromatic heterocycles. The lowest BCUT2D eigenvalue weighted by atomic mass is 10.0. The Bertz CT molecular complexity index is 532. The van der Waals surface area contributed by atoms with Gasteiger partial charge in [0.15, 0.2) is 8.32 Å². The van der Waals surface area contributed by atoms with Crippen LogP contribution in [0.2, 0.25) is 18.1 Å². The van der Waals surface area contributed by atoms with Crippen molar-refractivity contribution in [1.29, 1.82) is 0 Å². The third-order valence-corrected chi connectivity index (χ3v) is 9.62. The fourth-order valence-electron chi connectivity index (χ4n) is 1.75. The van der Waals surface area contributed by atoms with Gasteiger partial charge in [0.25, 0.3) is 0 Å². The second kappa shape index (κ2) is 6.16. The molecule has 1 aliphatic carbocycles. The Hall–Kier alpha value is -0.543. The number of allylic oxidation sites excluding steroid dienone is 1. The van der Waals surface area contributed by atoms with Crippen LogP contribution in [0.3, 0.4) is 0 Å². The molecule has 130 valence electrons. The topological polar surface area (TPSA) is 52.6 Å².